The van der Waals surface area contributed by atoms with E-state index >= 15 is 0 Å². The number of likely N-dealkylation sites (N-methyl/N-ethyl adjacent to an activating group) is 1. The zero-order chi connectivity index (χ0) is 31.3. The molecule has 1 amide bonds. The minimum absolute atomic E-state index is 0.0422. The molecule has 2 aromatic heterocycles. The summed E-state index contributed by atoms with van der Waals surface area (Å²) in [5.74, 6) is -0.388. The third-order valence-electron chi connectivity index (χ3n) is 7.44. The third kappa shape index (κ3) is 7.71. The minimum Gasteiger partial charge on any atom is -0.473 e. The lowest BCUT2D eigenvalue weighted by molar-refractivity contribution is -0.124. The van der Waals surface area contributed by atoms with E-state index in [1.54, 1.807) is 74.8 Å². The molecule has 0 saturated carbocycles. The number of nitrogens with one attached hydrogen (secondary N) is 1. The topological polar surface area (TPSA) is 74.3 Å². The lowest BCUT2D eigenvalue weighted by Crippen LogP contribution is -2.41. The molecule has 0 aliphatic carbocycles. The second kappa shape index (κ2) is 13.4. The molecule has 2 aromatic carbocycles. The highest BCUT2D eigenvalue weighted by atomic mass is 19.4. The van der Waals surface area contributed by atoms with Gasteiger partial charge in [-0.15, -0.1) is 0 Å². The summed E-state index contributed by atoms with van der Waals surface area (Å²) in [5, 5.41) is 6.37. The van der Waals surface area contributed by atoms with Gasteiger partial charge < -0.3 is 9.64 Å². The highest BCUT2D eigenvalue weighted by molar-refractivity contribution is 6.00. The van der Waals surface area contributed by atoms with Gasteiger partial charge >= 0.3 is 6.18 Å². The monoisotopic (exact) mass is 607 g/mol. The first-order valence-corrected chi connectivity index (χ1v) is 14.3. The van der Waals surface area contributed by atoms with Crippen LogP contribution in [0.5, 0.6) is 5.88 Å². The first-order chi connectivity index (χ1) is 21.1. The number of benzene rings is 2. The number of aromatic nitrogens is 3. The Morgan fingerprint density at radius 1 is 1.09 bits per heavy atom. The number of carbonyl (C=O) groups excluding carboxylic acids is 1. The van der Waals surface area contributed by atoms with Crippen molar-refractivity contribution in [1.29, 1.82) is 0 Å². The predicted octanol–water partition coefficient (Wildman–Crippen LogP) is 6.50. The van der Waals surface area contributed by atoms with Gasteiger partial charge in [-0.2, -0.15) is 22.7 Å². The smallest absolute Gasteiger partial charge is 0.393 e. The molecule has 1 fully saturated rings. The number of piperidine rings is 1. The number of rotatable bonds is 9. The van der Waals surface area contributed by atoms with Crippen LogP contribution in [0.25, 0.3) is 22.0 Å². The summed E-state index contributed by atoms with van der Waals surface area (Å²) in [6, 6.07) is 16.4. The van der Waals surface area contributed by atoms with Crippen LogP contribution in [0.4, 0.5) is 17.6 Å². The SMILES string of the molecule is CN(C)C(=O)C=CCN1CCC[C@H](Oc2ccc(/C(=C(/CC(F)(F)F)c3ccccc3)c3ccc4n[nH]c(F)c4c3)cn2)C1. The number of amides is 1. The van der Waals surface area contributed by atoms with Crippen LogP contribution in [0, 0.1) is 5.95 Å². The van der Waals surface area contributed by atoms with E-state index < -0.39 is 18.5 Å². The Labute approximate surface area is 252 Å². The van der Waals surface area contributed by atoms with Crippen LogP contribution in [-0.2, 0) is 4.79 Å². The summed E-state index contributed by atoms with van der Waals surface area (Å²) in [6.07, 6.45) is 0.799. The molecule has 1 atom stereocenters. The summed E-state index contributed by atoms with van der Waals surface area (Å²) >= 11 is 0. The molecule has 0 spiro atoms. The number of ether oxygens (including phenoxy) is 1. The van der Waals surface area contributed by atoms with E-state index in [4.69, 9.17) is 4.74 Å². The van der Waals surface area contributed by atoms with Crippen LogP contribution in [0.2, 0.25) is 0 Å². The number of fused-ring (bicyclic) bond motifs is 1. The van der Waals surface area contributed by atoms with Gasteiger partial charge in [0.1, 0.15) is 6.10 Å². The minimum atomic E-state index is -4.50. The van der Waals surface area contributed by atoms with Crippen LogP contribution in [0.1, 0.15) is 36.0 Å². The van der Waals surface area contributed by atoms with Crippen LogP contribution < -0.4 is 4.74 Å². The molecular weight excluding hydrogens is 574 g/mol. The molecule has 11 heteroatoms. The molecule has 1 saturated heterocycles. The normalized spacial score (nSPS) is 16.7. The van der Waals surface area contributed by atoms with Crippen molar-refractivity contribution in [2.24, 2.45) is 0 Å². The number of hydrogen-bond donors (Lipinski definition) is 1. The molecule has 3 heterocycles. The highest BCUT2D eigenvalue weighted by Crippen LogP contribution is 2.40. The Hall–Kier alpha value is -4.51. The van der Waals surface area contributed by atoms with Crippen molar-refractivity contribution in [1.82, 2.24) is 25.0 Å². The standard InChI is InChI=1S/C33H33F4N5O2/c1-41(2)30(43)11-7-17-42-16-6-10-25(21-42)44-29-15-13-24(20-38-29)31(23-12-14-28-26(18-23)32(34)40-39-28)27(19-33(35,36)37)22-8-4-3-5-9-22/h3-5,7-9,11-15,18,20,25H,6,10,16-17,19,21H2,1-2H3,(H,39,40)/b11-7?,31-27-/t25-/m0/s1. The summed E-state index contributed by atoms with van der Waals surface area (Å²) in [6.45, 7) is 2.14. The van der Waals surface area contributed by atoms with Gasteiger partial charge in [-0.05, 0) is 59.9 Å². The maximum Gasteiger partial charge on any atom is 0.393 e. The zero-order valence-electron chi connectivity index (χ0n) is 24.4. The highest BCUT2D eigenvalue weighted by Gasteiger charge is 2.32. The second-order valence-electron chi connectivity index (χ2n) is 10.9. The van der Waals surface area contributed by atoms with Gasteiger partial charge in [0.05, 0.1) is 17.3 Å². The van der Waals surface area contributed by atoms with Gasteiger partial charge in [0, 0.05) is 51.1 Å². The largest absolute Gasteiger partial charge is 0.473 e. The number of pyridine rings is 1. The summed E-state index contributed by atoms with van der Waals surface area (Å²) in [4.78, 5) is 20.0. The van der Waals surface area contributed by atoms with Crippen molar-refractivity contribution >= 4 is 28.0 Å². The maximum atomic E-state index is 14.5. The fraction of sp³-hybridized carbons (Fsp3) is 0.303. The Morgan fingerprint density at radius 2 is 1.86 bits per heavy atom. The van der Waals surface area contributed by atoms with Crippen LogP contribution in [0.3, 0.4) is 0 Å². The molecular formula is C33H33F4N5O2. The van der Waals surface area contributed by atoms with E-state index in [-0.39, 0.29) is 28.5 Å². The average Bonchev–Trinajstić information content (AvgIpc) is 3.37. The number of nitrogens with zero attached hydrogens (tertiary/aromatic N) is 4. The molecule has 1 aliphatic heterocycles. The average molecular weight is 608 g/mol. The molecule has 230 valence electrons. The van der Waals surface area contributed by atoms with E-state index in [0.29, 0.717) is 41.2 Å². The van der Waals surface area contributed by atoms with Crippen molar-refractivity contribution in [2.45, 2.75) is 31.5 Å². The first kappa shape index (κ1) is 30.9. The number of likely N-dealkylation sites (tertiary alicyclic amines) is 1. The first-order valence-electron chi connectivity index (χ1n) is 14.3. The molecule has 44 heavy (non-hydrogen) atoms. The van der Waals surface area contributed by atoms with Gasteiger partial charge in [0.2, 0.25) is 17.7 Å². The van der Waals surface area contributed by atoms with Gasteiger partial charge in [-0.1, -0.05) is 42.5 Å². The van der Waals surface area contributed by atoms with Crippen molar-refractivity contribution in [3.05, 3.63) is 102 Å². The Balaban J connectivity index is 1.45. The fourth-order valence-electron chi connectivity index (χ4n) is 5.32. The number of carbonyl (C=O) groups is 1. The van der Waals surface area contributed by atoms with Crippen molar-refractivity contribution in [3.8, 4) is 5.88 Å². The Bertz CT molecular complexity index is 1650. The maximum absolute atomic E-state index is 14.5. The number of aromatic amines is 1. The molecule has 4 aromatic rings. The third-order valence-corrected chi connectivity index (χ3v) is 7.44. The van der Waals surface area contributed by atoms with Gasteiger partial charge in [0.25, 0.3) is 0 Å². The van der Waals surface area contributed by atoms with Crippen molar-refractivity contribution in [3.63, 3.8) is 0 Å². The molecule has 5 rings (SSSR count). The van der Waals surface area contributed by atoms with Crippen molar-refractivity contribution < 1.29 is 27.1 Å². The molecule has 0 radical (unpaired) electrons. The van der Waals surface area contributed by atoms with Crippen LogP contribution in [0.15, 0.2) is 79.0 Å². The molecule has 1 N–H and O–H groups in total. The lowest BCUT2D eigenvalue weighted by atomic mass is 9.88. The van der Waals surface area contributed by atoms with Gasteiger partial charge in [-0.25, -0.2) is 4.98 Å². The fourth-order valence-corrected chi connectivity index (χ4v) is 5.32. The van der Waals surface area contributed by atoms with E-state index in [1.165, 1.54) is 17.2 Å². The van der Waals surface area contributed by atoms with E-state index in [1.807, 2.05) is 6.08 Å². The van der Waals surface area contributed by atoms with E-state index in [0.717, 1.165) is 19.4 Å². The van der Waals surface area contributed by atoms with E-state index in [2.05, 4.69) is 20.1 Å². The second-order valence-corrected chi connectivity index (χ2v) is 10.9. The van der Waals surface area contributed by atoms with Gasteiger partial charge in [0.15, 0.2) is 0 Å². The Kier molecular flexibility index (Phi) is 9.43. The van der Waals surface area contributed by atoms with Crippen molar-refractivity contribution in [2.75, 3.05) is 33.7 Å². The molecule has 7 nitrogen and oxygen atoms in total. The summed E-state index contributed by atoms with van der Waals surface area (Å²) in [7, 11) is 3.40. The molecule has 0 bridgehead atoms. The number of allylic oxidation sites excluding steroid dienone is 1. The zero-order valence-corrected chi connectivity index (χ0v) is 24.4. The quantitative estimate of drug-likeness (QED) is 0.134. The number of alkyl halides is 3. The van der Waals surface area contributed by atoms with E-state index in [9.17, 15) is 22.4 Å². The van der Waals surface area contributed by atoms with Crippen LogP contribution >= 0.6 is 0 Å². The van der Waals surface area contributed by atoms with Crippen LogP contribution in [-0.4, -0.2) is 76.9 Å². The predicted molar refractivity (Wildman–Crippen MR) is 161 cm³/mol. The molecule has 1 aliphatic rings. The lowest BCUT2D eigenvalue weighted by Gasteiger charge is -2.31. The summed E-state index contributed by atoms with van der Waals surface area (Å²) in [5.41, 5.74) is 1.94. The van der Waals surface area contributed by atoms with Gasteiger partial charge in [-0.3, -0.25) is 14.8 Å². The number of H-pyrrole nitrogens is 1. The number of halogens is 4. The summed E-state index contributed by atoms with van der Waals surface area (Å²) < 4.78 is 62.6. The Morgan fingerprint density at radius 3 is 2.57 bits per heavy atom. The molecule has 0 unspecified atom stereocenters. The number of hydrogen-bond acceptors (Lipinski definition) is 5.